The summed E-state index contributed by atoms with van der Waals surface area (Å²) < 4.78 is 12.6. The molecule has 2 aromatic heterocycles. The summed E-state index contributed by atoms with van der Waals surface area (Å²) in [6.07, 6.45) is 2.27. The first kappa shape index (κ1) is 27.2. The van der Waals surface area contributed by atoms with Crippen LogP contribution in [0, 0.1) is 12.8 Å². The van der Waals surface area contributed by atoms with Crippen molar-refractivity contribution >= 4 is 68.6 Å². The number of ether oxygens (including phenoxy) is 1. The fraction of sp³-hybridized carbons (Fsp3) is 0.241. The number of nitrogens with zero attached hydrogens (tertiary/aromatic N) is 4. The van der Waals surface area contributed by atoms with E-state index in [1.807, 2.05) is 12.1 Å². The van der Waals surface area contributed by atoms with E-state index in [1.165, 1.54) is 0 Å². The summed E-state index contributed by atoms with van der Waals surface area (Å²) in [7, 11) is 18.1. The molecule has 6 rings (SSSR count). The van der Waals surface area contributed by atoms with Gasteiger partial charge in [-0.15, -0.1) is 0 Å². The van der Waals surface area contributed by atoms with E-state index in [0.29, 0.717) is 62.3 Å². The van der Waals surface area contributed by atoms with Gasteiger partial charge in [0, 0.05) is 34.6 Å². The maximum absolute atomic E-state index is 13.7. The maximum Gasteiger partial charge on any atom is 0.275 e. The number of halogens is 1. The van der Waals surface area contributed by atoms with E-state index in [-0.39, 0.29) is 5.69 Å². The molecule has 1 saturated carbocycles. The number of benzene rings is 3. The molecule has 6 radical (unpaired) electrons. The number of anilines is 1. The number of aryl methyl sites for hydroxylation is 1. The van der Waals surface area contributed by atoms with Crippen LogP contribution in [0.1, 0.15) is 18.7 Å². The molecule has 1 fully saturated rings. The van der Waals surface area contributed by atoms with Crippen LogP contribution < -0.4 is 15.2 Å². The Kier molecular flexibility index (Phi) is 6.94. The SMILES string of the molecule is [B]C([B])([B])N(C(=O)Cn1nc(-c2cccc(Cl)c2)c2ccc(OCC3CC3)cc2c1=O)c1ccc2nc(C)oc2c1. The summed E-state index contributed by atoms with van der Waals surface area (Å²) in [6, 6.07) is 17.2. The molecular formula is C29H22B3ClN4O4. The molecule has 0 atom stereocenters. The highest BCUT2D eigenvalue weighted by Gasteiger charge is 2.29. The van der Waals surface area contributed by atoms with Gasteiger partial charge in [-0.1, -0.05) is 29.0 Å². The Hall–Kier alpha value is -3.98. The van der Waals surface area contributed by atoms with E-state index in [4.69, 9.17) is 44.3 Å². The molecule has 0 unspecified atom stereocenters. The van der Waals surface area contributed by atoms with Crippen LogP contribution in [0.2, 0.25) is 5.02 Å². The van der Waals surface area contributed by atoms with Gasteiger partial charge in [0.15, 0.2) is 11.5 Å². The molecule has 1 aliphatic carbocycles. The predicted molar refractivity (Wildman–Crippen MR) is 161 cm³/mol. The summed E-state index contributed by atoms with van der Waals surface area (Å²) in [4.78, 5) is 32.7. The Bertz CT molecular complexity index is 1860. The number of fused-ring (bicyclic) bond motifs is 2. The van der Waals surface area contributed by atoms with Crippen LogP contribution in [0.3, 0.4) is 0 Å². The zero-order chi connectivity index (χ0) is 28.9. The molecule has 0 N–H and O–H groups in total. The first-order chi connectivity index (χ1) is 19.6. The third-order valence-corrected chi connectivity index (χ3v) is 7.11. The third-order valence-electron chi connectivity index (χ3n) is 6.87. The minimum Gasteiger partial charge on any atom is -0.493 e. The molecule has 3 aromatic carbocycles. The van der Waals surface area contributed by atoms with Crippen molar-refractivity contribution in [3.63, 3.8) is 0 Å². The zero-order valence-electron chi connectivity index (χ0n) is 22.2. The van der Waals surface area contributed by atoms with Crippen molar-refractivity contribution in [2.45, 2.75) is 31.5 Å². The summed E-state index contributed by atoms with van der Waals surface area (Å²) in [5.41, 5.74) is 1.93. The Labute approximate surface area is 244 Å². The van der Waals surface area contributed by atoms with Crippen LogP contribution in [0.5, 0.6) is 5.75 Å². The van der Waals surface area contributed by atoms with Gasteiger partial charge in [-0.3, -0.25) is 9.59 Å². The smallest absolute Gasteiger partial charge is 0.275 e. The summed E-state index contributed by atoms with van der Waals surface area (Å²) in [5.74, 6) is 0.884. The highest BCUT2D eigenvalue weighted by atomic mass is 35.5. The molecule has 8 nitrogen and oxygen atoms in total. The van der Waals surface area contributed by atoms with E-state index in [0.717, 1.165) is 22.4 Å². The Morgan fingerprint density at radius 3 is 2.66 bits per heavy atom. The number of amides is 1. The first-order valence-corrected chi connectivity index (χ1v) is 13.4. The molecule has 198 valence electrons. The maximum atomic E-state index is 13.7. The molecule has 1 amide bonds. The Morgan fingerprint density at radius 1 is 1.12 bits per heavy atom. The molecule has 12 heteroatoms. The molecule has 5 aromatic rings. The lowest BCUT2D eigenvalue weighted by Crippen LogP contribution is -2.55. The highest BCUT2D eigenvalue weighted by molar-refractivity contribution is 6.62. The van der Waals surface area contributed by atoms with Crippen molar-refractivity contribution in [1.29, 1.82) is 0 Å². The van der Waals surface area contributed by atoms with Gasteiger partial charge >= 0.3 is 0 Å². The number of hydrogen-bond acceptors (Lipinski definition) is 6. The summed E-state index contributed by atoms with van der Waals surface area (Å²) in [5, 5.41) is 3.91. The van der Waals surface area contributed by atoms with Crippen molar-refractivity contribution in [3.05, 3.63) is 81.9 Å². The topological polar surface area (TPSA) is 90.5 Å². The van der Waals surface area contributed by atoms with Gasteiger partial charge in [0.05, 0.1) is 41.2 Å². The molecule has 2 heterocycles. The number of carbonyl (C=O) groups is 1. The van der Waals surface area contributed by atoms with Crippen molar-refractivity contribution < 1.29 is 13.9 Å². The largest absolute Gasteiger partial charge is 0.493 e. The minimum absolute atomic E-state index is 0.269. The lowest BCUT2D eigenvalue weighted by Gasteiger charge is -2.37. The van der Waals surface area contributed by atoms with Crippen LogP contribution in [0.4, 0.5) is 5.69 Å². The van der Waals surface area contributed by atoms with Crippen LogP contribution in [0.15, 0.2) is 69.9 Å². The van der Waals surface area contributed by atoms with E-state index in [1.54, 1.807) is 55.5 Å². The van der Waals surface area contributed by atoms with E-state index in [9.17, 15) is 9.59 Å². The standard InChI is InChI=1S/C29H22B3ClN4O4/c1-16-34-24-10-7-20(12-25(24)41-16)37(29(30,31)32)26(38)14-36-28(39)23-13-21(40-15-17-5-6-17)8-9-22(23)27(35-36)18-3-2-4-19(33)11-18/h2-4,7-13,17H,5-6,14-15H2,1H3. The molecular weight excluding hydrogens is 536 g/mol. The Balaban J connectivity index is 1.43. The molecule has 1 aliphatic rings. The third kappa shape index (κ3) is 5.64. The number of aromatic nitrogens is 3. The van der Waals surface area contributed by atoms with E-state index >= 15 is 0 Å². The molecule has 0 aliphatic heterocycles. The lowest BCUT2D eigenvalue weighted by atomic mass is 9.48. The second-order valence-corrected chi connectivity index (χ2v) is 10.7. The van der Waals surface area contributed by atoms with E-state index in [2.05, 4.69) is 10.1 Å². The van der Waals surface area contributed by atoms with Gasteiger partial charge in [0.1, 0.15) is 17.8 Å². The average Bonchev–Trinajstić information content (AvgIpc) is 3.67. The van der Waals surface area contributed by atoms with Crippen molar-refractivity contribution in [1.82, 2.24) is 14.8 Å². The van der Waals surface area contributed by atoms with Crippen LogP contribution in [-0.4, -0.2) is 56.1 Å². The quantitative estimate of drug-likeness (QED) is 0.267. The van der Waals surface area contributed by atoms with E-state index < -0.39 is 23.2 Å². The average molecular weight is 558 g/mol. The predicted octanol–water partition coefficient (Wildman–Crippen LogP) is 4.11. The molecule has 41 heavy (non-hydrogen) atoms. The van der Waals surface area contributed by atoms with Gasteiger partial charge in [0.2, 0.25) is 5.91 Å². The van der Waals surface area contributed by atoms with Crippen LogP contribution >= 0.6 is 11.6 Å². The van der Waals surface area contributed by atoms with Crippen molar-refractivity contribution in [2.24, 2.45) is 5.92 Å². The summed E-state index contributed by atoms with van der Waals surface area (Å²) >= 11 is 6.27. The van der Waals surface area contributed by atoms with Crippen LogP contribution in [0.25, 0.3) is 33.1 Å². The molecule has 0 saturated heterocycles. The molecule has 0 spiro atoms. The second kappa shape index (κ2) is 10.5. The minimum atomic E-state index is -2.10. The highest BCUT2D eigenvalue weighted by Crippen LogP contribution is 2.32. The number of carbonyl (C=O) groups excluding carboxylic acids is 1. The monoisotopic (exact) mass is 558 g/mol. The fourth-order valence-corrected chi connectivity index (χ4v) is 4.95. The number of hydrogen-bond donors (Lipinski definition) is 0. The number of oxazole rings is 1. The van der Waals surface area contributed by atoms with Crippen molar-refractivity contribution in [2.75, 3.05) is 11.5 Å². The van der Waals surface area contributed by atoms with Crippen LogP contribution in [-0.2, 0) is 11.3 Å². The second-order valence-electron chi connectivity index (χ2n) is 10.3. The fourth-order valence-electron chi connectivity index (χ4n) is 4.76. The number of rotatable bonds is 8. The first-order valence-electron chi connectivity index (χ1n) is 13.1. The summed E-state index contributed by atoms with van der Waals surface area (Å²) in [6.45, 7) is 1.79. The van der Waals surface area contributed by atoms with Gasteiger partial charge in [-0.05, 0) is 61.2 Å². The lowest BCUT2D eigenvalue weighted by molar-refractivity contribution is -0.119. The van der Waals surface area contributed by atoms with Crippen molar-refractivity contribution in [3.8, 4) is 17.0 Å². The Morgan fingerprint density at radius 2 is 1.93 bits per heavy atom. The van der Waals surface area contributed by atoms with Gasteiger partial charge in [-0.2, -0.15) is 5.10 Å². The van der Waals surface area contributed by atoms with Gasteiger partial charge in [0.25, 0.3) is 5.56 Å². The zero-order valence-corrected chi connectivity index (χ0v) is 23.0. The van der Waals surface area contributed by atoms with Gasteiger partial charge < -0.3 is 14.1 Å². The normalized spacial score (nSPS) is 13.5. The molecule has 0 bridgehead atoms. The van der Waals surface area contributed by atoms with Gasteiger partial charge in [-0.25, -0.2) is 9.67 Å².